The molecule has 6 nitrogen and oxygen atoms in total. The standard InChI is InChI=1S/C29H22O6/c30-26-14-8-7-13-25(26)27(31)22-15-23(28(32)34-18-20-9-3-1-4-10-20)17-24(16-22)29(33)35-19-21-11-5-2-6-12-21/h1-17,30H,18-19H2. The largest absolute Gasteiger partial charge is 0.507 e. The molecule has 174 valence electrons. The molecule has 4 rings (SSSR count). The molecule has 0 amide bonds. The first-order chi connectivity index (χ1) is 17.0. The molecule has 0 radical (unpaired) electrons. The first-order valence-corrected chi connectivity index (χ1v) is 10.9. The second kappa shape index (κ2) is 10.9. The van der Waals surface area contributed by atoms with Gasteiger partial charge in [0.15, 0.2) is 5.78 Å². The van der Waals surface area contributed by atoms with E-state index in [0.717, 1.165) is 11.1 Å². The second-order valence-electron chi connectivity index (χ2n) is 7.77. The summed E-state index contributed by atoms with van der Waals surface area (Å²) in [6.07, 6.45) is 0. The number of hydrogen-bond acceptors (Lipinski definition) is 6. The maximum atomic E-state index is 13.1. The number of aromatic hydroxyl groups is 1. The monoisotopic (exact) mass is 466 g/mol. The third kappa shape index (κ3) is 6.00. The number of para-hydroxylation sites is 1. The van der Waals surface area contributed by atoms with Crippen LogP contribution in [0.15, 0.2) is 103 Å². The quantitative estimate of drug-likeness (QED) is 0.279. The predicted octanol–water partition coefficient (Wildman–Crippen LogP) is 5.34. The molecule has 35 heavy (non-hydrogen) atoms. The van der Waals surface area contributed by atoms with Crippen LogP contribution in [0.2, 0.25) is 0 Å². The molecular formula is C29H22O6. The lowest BCUT2D eigenvalue weighted by molar-refractivity contribution is 0.0470. The van der Waals surface area contributed by atoms with Crippen LogP contribution in [0.4, 0.5) is 0 Å². The summed E-state index contributed by atoms with van der Waals surface area (Å²) in [7, 11) is 0. The van der Waals surface area contributed by atoms with Crippen LogP contribution in [0.5, 0.6) is 5.75 Å². The van der Waals surface area contributed by atoms with Crippen LogP contribution in [0.1, 0.15) is 47.8 Å². The SMILES string of the molecule is O=C(OCc1ccccc1)c1cc(C(=O)OCc2ccccc2)cc(C(=O)c2ccccc2O)c1. The summed E-state index contributed by atoms with van der Waals surface area (Å²) in [5, 5.41) is 10.1. The van der Waals surface area contributed by atoms with Gasteiger partial charge in [0.1, 0.15) is 19.0 Å². The van der Waals surface area contributed by atoms with Crippen LogP contribution in [0, 0.1) is 0 Å². The van der Waals surface area contributed by atoms with E-state index in [9.17, 15) is 19.5 Å². The molecule has 0 unspecified atom stereocenters. The van der Waals surface area contributed by atoms with Gasteiger partial charge in [0.2, 0.25) is 0 Å². The molecule has 6 heteroatoms. The number of ether oxygens (including phenoxy) is 2. The van der Waals surface area contributed by atoms with Crippen molar-refractivity contribution >= 4 is 17.7 Å². The Morgan fingerprint density at radius 2 is 1.00 bits per heavy atom. The van der Waals surface area contributed by atoms with Crippen molar-refractivity contribution in [1.82, 2.24) is 0 Å². The van der Waals surface area contributed by atoms with E-state index in [1.54, 1.807) is 12.1 Å². The van der Waals surface area contributed by atoms with Gasteiger partial charge in [-0.1, -0.05) is 72.8 Å². The van der Waals surface area contributed by atoms with Crippen molar-refractivity contribution < 1.29 is 29.0 Å². The second-order valence-corrected chi connectivity index (χ2v) is 7.77. The van der Waals surface area contributed by atoms with Gasteiger partial charge < -0.3 is 14.6 Å². The molecule has 1 N–H and O–H groups in total. The van der Waals surface area contributed by atoms with Gasteiger partial charge in [0.25, 0.3) is 0 Å². The summed E-state index contributed by atoms with van der Waals surface area (Å²) >= 11 is 0. The maximum Gasteiger partial charge on any atom is 0.338 e. The summed E-state index contributed by atoms with van der Waals surface area (Å²) in [5.74, 6) is -2.14. The highest BCUT2D eigenvalue weighted by atomic mass is 16.5. The van der Waals surface area contributed by atoms with Crippen molar-refractivity contribution in [1.29, 1.82) is 0 Å². The van der Waals surface area contributed by atoms with Crippen LogP contribution in [-0.2, 0) is 22.7 Å². The third-order valence-electron chi connectivity index (χ3n) is 5.24. The van der Waals surface area contributed by atoms with Gasteiger partial charge in [0.05, 0.1) is 16.7 Å². The smallest absolute Gasteiger partial charge is 0.338 e. The van der Waals surface area contributed by atoms with Crippen molar-refractivity contribution in [3.8, 4) is 5.75 Å². The minimum absolute atomic E-state index is 0.0221. The predicted molar refractivity (Wildman–Crippen MR) is 129 cm³/mol. The Hall–Kier alpha value is -4.71. The van der Waals surface area contributed by atoms with Crippen molar-refractivity contribution in [2.45, 2.75) is 13.2 Å². The van der Waals surface area contributed by atoms with E-state index in [4.69, 9.17) is 9.47 Å². The molecule has 0 aromatic heterocycles. The molecular weight excluding hydrogens is 444 g/mol. The van der Waals surface area contributed by atoms with Gasteiger partial charge >= 0.3 is 11.9 Å². The third-order valence-corrected chi connectivity index (χ3v) is 5.24. The highest BCUT2D eigenvalue weighted by molar-refractivity contribution is 6.12. The highest BCUT2D eigenvalue weighted by Crippen LogP contribution is 2.23. The van der Waals surface area contributed by atoms with Gasteiger partial charge in [-0.15, -0.1) is 0 Å². The number of carbonyl (C=O) groups excluding carboxylic acids is 3. The van der Waals surface area contributed by atoms with Crippen molar-refractivity contribution in [2.24, 2.45) is 0 Å². The summed E-state index contributed by atoms with van der Waals surface area (Å²) < 4.78 is 10.8. The fraction of sp³-hybridized carbons (Fsp3) is 0.0690. The summed E-state index contributed by atoms with van der Waals surface area (Å²) in [4.78, 5) is 38.7. The van der Waals surface area contributed by atoms with Gasteiger partial charge in [-0.3, -0.25) is 4.79 Å². The van der Waals surface area contributed by atoms with Crippen molar-refractivity contribution in [3.63, 3.8) is 0 Å². The molecule has 0 fully saturated rings. The Kier molecular flexibility index (Phi) is 7.33. The highest BCUT2D eigenvalue weighted by Gasteiger charge is 2.20. The Labute approximate surface area is 202 Å². The number of ketones is 1. The average Bonchev–Trinajstić information content (AvgIpc) is 2.91. The van der Waals surface area contributed by atoms with Crippen LogP contribution in [0.3, 0.4) is 0 Å². The molecule has 0 heterocycles. The minimum Gasteiger partial charge on any atom is -0.507 e. The lowest BCUT2D eigenvalue weighted by atomic mass is 9.98. The number of phenolic OH excluding ortho intramolecular Hbond substituents is 1. The first kappa shape index (κ1) is 23.4. The minimum atomic E-state index is -0.696. The zero-order valence-electron chi connectivity index (χ0n) is 18.7. The summed E-state index contributed by atoms with van der Waals surface area (Å²) in [5.41, 5.74) is 1.73. The summed E-state index contributed by atoms with van der Waals surface area (Å²) in [6, 6.07) is 28.4. The number of rotatable bonds is 8. The van der Waals surface area contributed by atoms with E-state index in [1.165, 1.54) is 30.3 Å². The average molecular weight is 466 g/mol. The Morgan fingerprint density at radius 3 is 1.49 bits per heavy atom. The Bertz CT molecular complexity index is 1270. The Morgan fingerprint density at radius 1 is 0.571 bits per heavy atom. The molecule has 0 aliphatic carbocycles. The molecule has 0 bridgehead atoms. The number of carbonyl (C=O) groups is 3. The fourth-order valence-corrected chi connectivity index (χ4v) is 3.43. The van der Waals surface area contributed by atoms with E-state index in [2.05, 4.69) is 0 Å². The van der Waals surface area contributed by atoms with Gasteiger partial charge in [-0.2, -0.15) is 0 Å². The van der Waals surface area contributed by atoms with E-state index < -0.39 is 17.7 Å². The molecule has 0 atom stereocenters. The van der Waals surface area contributed by atoms with E-state index in [1.807, 2.05) is 60.7 Å². The van der Waals surface area contributed by atoms with Crippen molar-refractivity contribution in [2.75, 3.05) is 0 Å². The molecule has 0 aliphatic heterocycles. The molecule has 0 saturated heterocycles. The molecule has 4 aromatic carbocycles. The molecule has 0 saturated carbocycles. The maximum absolute atomic E-state index is 13.1. The van der Waals surface area contributed by atoms with Gasteiger partial charge in [0, 0.05) is 5.56 Å². The number of benzene rings is 4. The van der Waals surface area contributed by atoms with Crippen LogP contribution in [-0.4, -0.2) is 22.8 Å². The van der Waals surface area contributed by atoms with Crippen molar-refractivity contribution in [3.05, 3.63) is 137 Å². The molecule has 4 aromatic rings. The van der Waals surface area contributed by atoms with E-state index in [-0.39, 0.29) is 41.2 Å². The molecule has 0 spiro atoms. The number of phenols is 1. The number of hydrogen-bond donors (Lipinski definition) is 1. The molecule has 0 aliphatic rings. The van der Waals surface area contributed by atoms with Gasteiger partial charge in [-0.25, -0.2) is 9.59 Å². The van der Waals surface area contributed by atoms with E-state index in [0.29, 0.717) is 0 Å². The lowest BCUT2D eigenvalue weighted by Gasteiger charge is -2.11. The zero-order chi connectivity index (χ0) is 24.6. The van der Waals surface area contributed by atoms with Crippen LogP contribution in [0.25, 0.3) is 0 Å². The van der Waals surface area contributed by atoms with Crippen LogP contribution >= 0.6 is 0 Å². The summed E-state index contributed by atoms with van der Waals surface area (Å²) in [6.45, 7) is 0.0657. The van der Waals surface area contributed by atoms with Crippen LogP contribution < -0.4 is 0 Å². The lowest BCUT2D eigenvalue weighted by Crippen LogP contribution is -2.13. The zero-order valence-corrected chi connectivity index (χ0v) is 18.7. The fourth-order valence-electron chi connectivity index (χ4n) is 3.43. The number of esters is 2. The normalized spacial score (nSPS) is 10.4. The Balaban J connectivity index is 1.62. The van der Waals surface area contributed by atoms with Gasteiger partial charge in [-0.05, 0) is 41.5 Å². The van der Waals surface area contributed by atoms with E-state index >= 15 is 0 Å². The topological polar surface area (TPSA) is 89.9 Å². The first-order valence-electron chi connectivity index (χ1n) is 10.9.